The van der Waals surface area contributed by atoms with Gasteiger partial charge in [0.05, 0.1) is 10.4 Å². The number of hydroxylamine groups is 1. The van der Waals surface area contributed by atoms with Gasteiger partial charge in [0.15, 0.2) is 11.3 Å². The molecule has 0 radical (unpaired) electrons. The lowest BCUT2D eigenvalue weighted by atomic mass is 10.2. The van der Waals surface area contributed by atoms with Gasteiger partial charge >= 0.3 is 0 Å². The quantitative estimate of drug-likeness (QED) is 0.753. The van der Waals surface area contributed by atoms with Gasteiger partial charge in [0.25, 0.3) is 5.91 Å². The molecule has 1 fully saturated rings. The second kappa shape index (κ2) is 5.38. The third-order valence-corrected chi connectivity index (χ3v) is 5.16. The van der Waals surface area contributed by atoms with Gasteiger partial charge in [0.2, 0.25) is 0 Å². The Labute approximate surface area is 128 Å². The molecule has 1 amide bonds. The molecule has 1 N–H and O–H groups in total. The van der Waals surface area contributed by atoms with E-state index >= 15 is 0 Å². The van der Waals surface area contributed by atoms with Crippen LogP contribution in [0, 0.1) is 0 Å². The summed E-state index contributed by atoms with van der Waals surface area (Å²) >= 11 is 2.94. The number of nitrogens with one attached hydrogen (secondary N) is 1. The molecular weight excluding hydrogens is 310 g/mol. The highest BCUT2D eigenvalue weighted by Crippen LogP contribution is 2.28. The van der Waals surface area contributed by atoms with Crippen molar-refractivity contribution in [3.63, 3.8) is 0 Å². The molecule has 6 nitrogen and oxygen atoms in total. The largest absolute Gasteiger partial charge is 0.350 e. The maximum atomic E-state index is 12.1. The van der Waals surface area contributed by atoms with Crippen LogP contribution < -0.4 is 5.48 Å². The van der Waals surface area contributed by atoms with Crippen LogP contribution in [0.2, 0.25) is 0 Å². The molecule has 0 bridgehead atoms. The van der Waals surface area contributed by atoms with Gasteiger partial charge in [-0.05, 0) is 18.9 Å². The first-order valence-electron chi connectivity index (χ1n) is 6.74. The number of hydrogen-bond donors (Lipinski definition) is 1. The second-order valence-corrected chi connectivity index (χ2v) is 6.72. The van der Waals surface area contributed by atoms with Crippen LogP contribution in [0.3, 0.4) is 0 Å². The van der Waals surface area contributed by atoms with Crippen LogP contribution in [0.15, 0.2) is 17.6 Å². The molecule has 0 aliphatic carbocycles. The van der Waals surface area contributed by atoms with Gasteiger partial charge in [-0.2, -0.15) is 0 Å². The van der Waals surface area contributed by atoms with Crippen molar-refractivity contribution in [1.82, 2.24) is 14.9 Å². The molecule has 0 spiro atoms. The molecule has 1 aliphatic rings. The number of fused-ring (bicyclic) bond motifs is 3. The number of amides is 1. The molecule has 4 rings (SSSR count). The number of rotatable bonds is 3. The minimum absolute atomic E-state index is 0.254. The Hall–Kier alpha value is -1.48. The lowest BCUT2D eigenvalue weighted by Gasteiger charge is -2.21. The third kappa shape index (κ3) is 2.44. The number of thiophene rings is 1. The Morgan fingerprint density at radius 2 is 2.48 bits per heavy atom. The van der Waals surface area contributed by atoms with E-state index in [4.69, 9.17) is 9.57 Å². The van der Waals surface area contributed by atoms with Gasteiger partial charge in [-0.15, -0.1) is 22.7 Å². The van der Waals surface area contributed by atoms with Crippen LogP contribution in [0.4, 0.5) is 0 Å². The zero-order valence-corrected chi connectivity index (χ0v) is 12.7. The maximum absolute atomic E-state index is 12.1. The fourth-order valence-electron chi connectivity index (χ4n) is 2.33. The van der Waals surface area contributed by atoms with E-state index in [1.807, 2.05) is 22.0 Å². The number of carbonyl (C=O) groups excluding carboxylic acids is 1. The Balaban J connectivity index is 1.49. The van der Waals surface area contributed by atoms with E-state index in [0.29, 0.717) is 11.5 Å². The number of aromatic nitrogens is 2. The van der Waals surface area contributed by atoms with E-state index in [1.54, 1.807) is 11.3 Å². The number of carbonyl (C=O) groups is 1. The molecule has 3 aromatic rings. The van der Waals surface area contributed by atoms with Crippen molar-refractivity contribution >= 4 is 43.9 Å². The van der Waals surface area contributed by atoms with Crippen molar-refractivity contribution in [2.24, 2.45) is 0 Å². The molecule has 21 heavy (non-hydrogen) atoms. The summed E-state index contributed by atoms with van der Waals surface area (Å²) in [6.07, 6.45) is 4.54. The summed E-state index contributed by atoms with van der Waals surface area (Å²) in [6.45, 7) is 0.685. The van der Waals surface area contributed by atoms with Crippen molar-refractivity contribution < 1.29 is 14.4 Å². The van der Waals surface area contributed by atoms with Gasteiger partial charge < -0.3 is 4.74 Å². The van der Waals surface area contributed by atoms with Gasteiger partial charge in [0, 0.05) is 24.6 Å². The smallest absolute Gasteiger partial charge is 0.285 e. The fraction of sp³-hybridized carbons (Fsp3) is 0.385. The monoisotopic (exact) mass is 323 g/mol. The van der Waals surface area contributed by atoms with Crippen molar-refractivity contribution in [1.29, 1.82) is 0 Å². The van der Waals surface area contributed by atoms with E-state index in [9.17, 15) is 4.79 Å². The Morgan fingerprint density at radius 3 is 3.33 bits per heavy atom. The first kappa shape index (κ1) is 13.2. The predicted octanol–water partition coefficient (Wildman–Crippen LogP) is 2.80. The van der Waals surface area contributed by atoms with E-state index in [1.165, 1.54) is 11.3 Å². The Morgan fingerprint density at radius 1 is 1.52 bits per heavy atom. The van der Waals surface area contributed by atoms with Crippen molar-refractivity contribution in [3.8, 4) is 0 Å². The van der Waals surface area contributed by atoms with Crippen molar-refractivity contribution in [3.05, 3.63) is 22.5 Å². The zero-order chi connectivity index (χ0) is 14.2. The highest BCUT2D eigenvalue weighted by atomic mass is 32.1. The molecule has 1 aliphatic heterocycles. The number of ether oxygens (including phenoxy) is 1. The van der Waals surface area contributed by atoms with Gasteiger partial charge in [0.1, 0.15) is 4.83 Å². The highest BCUT2D eigenvalue weighted by Gasteiger charge is 2.18. The highest BCUT2D eigenvalue weighted by molar-refractivity contribution is 7.21. The summed E-state index contributed by atoms with van der Waals surface area (Å²) in [6, 6.07) is 1.84. The second-order valence-electron chi connectivity index (χ2n) is 4.81. The molecule has 1 atom stereocenters. The standard InChI is InChI=1S/C13H13N3O3S2/c17-11(15-19-10-3-1-2-5-18-10)9-7-8-12(21-9)14-13-16(8)4-6-20-13/h4,6-7,10H,1-3,5H2,(H,15,17). The maximum Gasteiger partial charge on any atom is 0.285 e. The van der Waals surface area contributed by atoms with Crippen LogP contribution in [0.5, 0.6) is 0 Å². The topological polar surface area (TPSA) is 64.9 Å². The van der Waals surface area contributed by atoms with E-state index in [-0.39, 0.29) is 12.2 Å². The normalized spacial score (nSPS) is 19.3. The Kier molecular flexibility index (Phi) is 3.38. The predicted molar refractivity (Wildman–Crippen MR) is 80.6 cm³/mol. The van der Waals surface area contributed by atoms with Crippen LogP contribution >= 0.6 is 22.7 Å². The van der Waals surface area contributed by atoms with Crippen LogP contribution in [-0.2, 0) is 9.57 Å². The number of nitrogens with zero attached hydrogens (tertiary/aromatic N) is 2. The summed E-state index contributed by atoms with van der Waals surface area (Å²) in [7, 11) is 0. The van der Waals surface area contributed by atoms with E-state index in [0.717, 1.165) is 34.6 Å². The molecule has 110 valence electrons. The molecule has 0 saturated carbocycles. The summed E-state index contributed by atoms with van der Waals surface area (Å²) in [5.41, 5.74) is 3.43. The lowest BCUT2D eigenvalue weighted by molar-refractivity contribution is -0.186. The molecule has 1 saturated heterocycles. The van der Waals surface area contributed by atoms with Crippen LogP contribution in [-0.4, -0.2) is 28.2 Å². The minimum atomic E-state index is -0.336. The number of imidazole rings is 1. The summed E-state index contributed by atoms with van der Waals surface area (Å²) < 4.78 is 7.39. The van der Waals surface area contributed by atoms with Crippen molar-refractivity contribution in [2.75, 3.05) is 6.61 Å². The van der Waals surface area contributed by atoms with Crippen LogP contribution in [0.25, 0.3) is 15.3 Å². The average Bonchev–Trinajstić information content (AvgIpc) is 3.17. The minimum Gasteiger partial charge on any atom is -0.350 e. The zero-order valence-electron chi connectivity index (χ0n) is 11.1. The summed E-state index contributed by atoms with van der Waals surface area (Å²) in [5.74, 6) is -0.254. The first-order chi connectivity index (χ1) is 10.3. The molecule has 4 heterocycles. The SMILES string of the molecule is O=C(NOC1CCCCO1)c1cc2c(nc3sccn32)s1. The third-order valence-electron chi connectivity index (χ3n) is 3.38. The lowest BCUT2D eigenvalue weighted by Crippen LogP contribution is -2.32. The molecular formula is C13H13N3O3S2. The fourth-order valence-corrected chi connectivity index (χ4v) is 4.02. The number of thiazole rings is 1. The summed E-state index contributed by atoms with van der Waals surface area (Å²) in [4.78, 5) is 24.3. The molecule has 3 aromatic heterocycles. The Bertz CT molecular complexity index is 785. The van der Waals surface area contributed by atoms with Crippen LogP contribution in [0.1, 0.15) is 28.9 Å². The molecule has 8 heteroatoms. The molecule has 1 unspecified atom stereocenters. The van der Waals surface area contributed by atoms with Gasteiger partial charge in [-0.25, -0.2) is 15.3 Å². The van der Waals surface area contributed by atoms with E-state index < -0.39 is 0 Å². The number of hydrogen-bond acceptors (Lipinski definition) is 6. The van der Waals surface area contributed by atoms with Gasteiger partial charge in [-0.3, -0.25) is 9.20 Å². The van der Waals surface area contributed by atoms with Gasteiger partial charge in [-0.1, -0.05) is 0 Å². The summed E-state index contributed by atoms with van der Waals surface area (Å²) in [5, 5.41) is 1.97. The first-order valence-corrected chi connectivity index (χ1v) is 8.43. The van der Waals surface area contributed by atoms with Crippen molar-refractivity contribution in [2.45, 2.75) is 25.6 Å². The molecule has 0 aromatic carbocycles. The van der Waals surface area contributed by atoms with E-state index in [2.05, 4.69) is 10.5 Å². The average molecular weight is 323 g/mol.